The lowest BCUT2D eigenvalue weighted by molar-refractivity contribution is -0.176. The van der Waals surface area contributed by atoms with Crippen molar-refractivity contribution >= 4 is 38.4 Å². The van der Waals surface area contributed by atoms with Crippen LogP contribution in [0.5, 0.6) is 0 Å². The van der Waals surface area contributed by atoms with Crippen LogP contribution >= 0.6 is 34.0 Å². The average Bonchev–Trinajstić information content (AvgIpc) is 2.83. The van der Waals surface area contributed by atoms with Gasteiger partial charge in [0.1, 0.15) is 11.4 Å². The summed E-state index contributed by atoms with van der Waals surface area (Å²) >= 11 is 6.66. The largest absolute Gasteiger partial charge is 0.460 e. The maximum Gasteiger partial charge on any atom is 0.220 e. The van der Waals surface area contributed by atoms with Crippen molar-refractivity contribution in [3.05, 3.63) is 11.4 Å². The molecule has 2 rings (SSSR count). The van der Waals surface area contributed by atoms with Gasteiger partial charge in [0.15, 0.2) is 5.60 Å². The summed E-state index contributed by atoms with van der Waals surface area (Å²) in [4.78, 5) is 0. The lowest BCUT2D eigenvalue weighted by Crippen LogP contribution is -2.51. The first-order valence-corrected chi connectivity index (χ1v) is 12.3. The Labute approximate surface area is 161 Å². The molecule has 0 aromatic carbocycles. The first kappa shape index (κ1) is 21.0. The average molecular weight is 408 g/mol. The number of ether oxygens (including phenoxy) is 3. The molecule has 0 aliphatic carbocycles. The molecule has 9 heteroatoms. The molecule has 25 heavy (non-hydrogen) atoms. The minimum absolute atomic E-state index is 0.231. The Hall–Kier alpha value is -0.350. The van der Waals surface area contributed by atoms with Crippen LogP contribution in [-0.4, -0.2) is 62.0 Å². The third kappa shape index (κ3) is 4.50. The number of hydrogen-bond donors (Lipinski definition) is 0. The molecule has 0 saturated carbocycles. The van der Waals surface area contributed by atoms with Crippen LogP contribution in [0.2, 0.25) is 0 Å². The molecule has 1 aromatic rings. The summed E-state index contributed by atoms with van der Waals surface area (Å²) in [6, 6.07) is 0. The standard InChI is InChI=1S/C16H29N3O3S3/c1-15(2,3)25(6,7)11-20-8-12-13(19(4)18-17-12)16(9-21-10-16)22-14(23)24-5/h8-11H2,1-7H3. The summed E-state index contributed by atoms with van der Waals surface area (Å²) in [6.07, 6.45) is 6.50. The van der Waals surface area contributed by atoms with Gasteiger partial charge in [-0.3, -0.25) is 0 Å². The van der Waals surface area contributed by atoms with Crippen molar-refractivity contribution in [3.63, 3.8) is 0 Å². The normalized spacial score (nSPS) is 17.9. The molecule has 1 saturated heterocycles. The van der Waals surface area contributed by atoms with Gasteiger partial charge in [0.2, 0.25) is 4.38 Å². The van der Waals surface area contributed by atoms with Gasteiger partial charge in [-0.25, -0.2) is 14.7 Å². The Morgan fingerprint density at radius 2 is 2.04 bits per heavy atom. The highest BCUT2D eigenvalue weighted by atomic mass is 32.3. The van der Waals surface area contributed by atoms with E-state index in [9.17, 15) is 0 Å². The summed E-state index contributed by atoms with van der Waals surface area (Å²) in [7, 11) is 0.982. The SMILES string of the molecule is CSC(=S)OC1(c2c(COCS(C)(C)C(C)(C)C)nnn2C)COC1. The molecule has 0 radical (unpaired) electrons. The summed E-state index contributed by atoms with van der Waals surface area (Å²) in [5.74, 6) is 0.722. The quantitative estimate of drug-likeness (QED) is 0.672. The van der Waals surface area contributed by atoms with Gasteiger partial charge in [-0.05, 0) is 35.7 Å². The summed E-state index contributed by atoms with van der Waals surface area (Å²) < 4.78 is 19.9. The van der Waals surface area contributed by atoms with E-state index in [0.29, 0.717) is 24.2 Å². The third-order valence-corrected chi connectivity index (χ3v) is 9.79. The number of thioether (sulfide) groups is 1. The molecule has 1 fully saturated rings. The van der Waals surface area contributed by atoms with Crippen molar-refractivity contribution < 1.29 is 14.2 Å². The maximum absolute atomic E-state index is 6.05. The van der Waals surface area contributed by atoms with Gasteiger partial charge in [0.25, 0.3) is 0 Å². The van der Waals surface area contributed by atoms with E-state index in [1.54, 1.807) is 4.68 Å². The van der Waals surface area contributed by atoms with Gasteiger partial charge in [-0.1, -0.05) is 37.7 Å². The second-order valence-electron chi connectivity index (χ2n) is 7.67. The lowest BCUT2D eigenvalue weighted by atomic mass is 9.95. The maximum atomic E-state index is 6.05. The molecule has 144 valence electrons. The topological polar surface area (TPSA) is 58.4 Å². The lowest BCUT2D eigenvalue weighted by Gasteiger charge is -2.44. The van der Waals surface area contributed by atoms with Crippen molar-refractivity contribution in [2.75, 3.05) is 37.9 Å². The third-order valence-electron chi connectivity index (χ3n) is 4.72. The van der Waals surface area contributed by atoms with Crippen LogP contribution in [0.3, 0.4) is 0 Å². The first-order valence-electron chi connectivity index (χ1n) is 8.04. The molecule has 0 atom stereocenters. The molecule has 0 N–H and O–H groups in total. The van der Waals surface area contributed by atoms with Crippen LogP contribution in [-0.2, 0) is 33.5 Å². The highest BCUT2D eigenvalue weighted by Gasteiger charge is 2.48. The van der Waals surface area contributed by atoms with E-state index >= 15 is 0 Å². The molecule has 0 amide bonds. The zero-order valence-corrected chi connectivity index (χ0v) is 18.6. The van der Waals surface area contributed by atoms with Crippen LogP contribution in [0.1, 0.15) is 32.2 Å². The fourth-order valence-electron chi connectivity index (χ4n) is 2.31. The zero-order valence-electron chi connectivity index (χ0n) is 16.1. The van der Waals surface area contributed by atoms with Gasteiger partial charge in [0.05, 0.1) is 25.8 Å². The van der Waals surface area contributed by atoms with E-state index in [2.05, 4.69) is 43.6 Å². The Balaban J connectivity index is 2.13. The number of hydrogen-bond acceptors (Lipinski definition) is 7. The molecule has 2 heterocycles. The number of thiocarbonyl (C=S) groups is 1. The van der Waals surface area contributed by atoms with Crippen LogP contribution in [0, 0.1) is 0 Å². The van der Waals surface area contributed by atoms with E-state index < -0.39 is 15.6 Å². The van der Waals surface area contributed by atoms with E-state index in [1.807, 2.05) is 13.3 Å². The molecular formula is C16H29N3O3S3. The monoisotopic (exact) mass is 407 g/mol. The van der Waals surface area contributed by atoms with Crippen LogP contribution in [0.4, 0.5) is 0 Å². The predicted molar refractivity (Wildman–Crippen MR) is 110 cm³/mol. The van der Waals surface area contributed by atoms with Gasteiger partial charge >= 0.3 is 0 Å². The van der Waals surface area contributed by atoms with Crippen LogP contribution in [0.15, 0.2) is 0 Å². The van der Waals surface area contributed by atoms with Crippen molar-refractivity contribution in [1.29, 1.82) is 0 Å². The molecule has 1 aliphatic heterocycles. The van der Waals surface area contributed by atoms with Crippen molar-refractivity contribution in [1.82, 2.24) is 15.0 Å². The summed E-state index contributed by atoms with van der Waals surface area (Å²) in [6.45, 7) is 8.08. The highest BCUT2D eigenvalue weighted by molar-refractivity contribution is 8.33. The fraction of sp³-hybridized carbons (Fsp3) is 0.812. The highest BCUT2D eigenvalue weighted by Crippen LogP contribution is 2.52. The Morgan fingerprint density at radius 1 is 1.40 bits per heavy atom. The molecule has 1 aromatic heterocycles. The van der Waals surface area contributed by atoms with Gasteiger partial charge in [-0.2, -0.15) is 0 Å². The van der Waals surface area contributed by atoms with E-state index in [4.69, 9.17) is 26.4 Å². The van der Waals surface area contributed by atoms with Crippen molar-refractivity contribution in [2.45, 2.75) is 37.7 Å². The van der Waals surface area contributed by atoms with Crippen molar-refractivity contribution in [2.24, 2.45) is 7.05 Å². The minimum atomic E-state index is -0.881. The number of nitrogens with zero attached hydrogens (tertiary/aromatic N) is 3. The van der Waals surface area contributed by atoms with Gasteiger partial charge < -0.3 is 14.2 Å². The molecule has 0 spiro atoms. The predicted octanol–water partition coefficient (Wildman–Crippen LogP) is 3.04. The Morgan fingerprint density at radius 3 is 2.52 bits per heavy atom. The number of rotatable bonds is 6. The number of aromatic nitrogens is 3. The second-order valence-corrected chi connectivity index (χ2v) is 13.6. The van der Waals surface area contributed by atoms with E-state index in [1.165, 1.54) is 11.8 Å². The molecule has 6 nitrogen and oxygen atoms in total. The first-order chi connectivity index (χ1) is 11.5. The van der Waals surface area contributed by atoms with E-state index in [0.717, 1.165) is 17.3 Å². The minimum Gasteiger partial charge on any atom is -0.460 e. The zero-order chi connectivity index (χ0) is 18.9. The molecular weight excluding hydrogens is 378 g/mol. The Kier molecular flexibility index (Phi) is 6.47. The Bertz CT molecular complexity index is 622. The molecule has 0 unspecified atom stereocenters. The van der Waals surface area contributed by atoms with Crippen molar-refractivity contribution in [3.8, 4) is 0 Å². The van der Waals surface area contributed by atoms with Gasteiger partial charge in [-0.15, -0.1) is 5.10 Å². The summed E-state index contributed by atoms with van der Waals surface area (Å²) in [5.41, 5.74) is 1.07. The number of aryl methyl sites for hydroxylation is 1. The molecule has 1 aliphatic rings. The fourth-order valence-corrected chi connectivity index (χ4v) is 3.57. The van der Waals surface area contributed by atoms with Crippen LogP contribution < -0.4 is 0 Å². The smallest absolute Gasteiger partial charge is 0.220 e. The summed E-state index contributed by atoms with van der Waals surface area (Å²) in [5, 5.41) is 8.46. The second kappa shape index (κ2) is 7.72. The van der Waals surface area contributed by atoms with Gasteiger partial charge in [0, 0.05) is 7.05 Å². The van der Waals surface area contributed by atoms with E-state index in [-0.39, 0.29) is 4.75 Å². The molecule has 0 bridgehead atoms. The van der Waals surface area contributed by atoms with Crippen LogP contribution in [0.25, 0.3) is 0 Å².